The Morgan fingerprint density at radius 1 is 1.36 bits per heavy atom. The van der Waals surface area contributed by atoms with Gasteiger partial charge in [0, 0.05) is 38.3 Å². The van der Waals surface area contributed by atoms with Gasteiger partial charge in [-0.2, -0.15) is 0 Å². The van der Waals surface area contributed by atoms with Crippen LogP contribution in [0, 0.1) is 23.6 Å². The van der Waals surface area contributed by atoms with Crippen LogP contribution in [0.3, 0.4) is 0 Å². The van der Waals surface area contributed by atoms with Gasteiger partial charge in [0.1, 0.15) is 5.82 Å². The number of fused-ring (bicyclic) bond motifs is 2. The first-order valence-corrected chi connectivity index (χ1v) is 7.90. The van der Waals surface area contributed by atoms with Crippen LogP contribution in [0.4, 0.5) is 10.1 Å². The van der Waals surface area contributed by atoms with Crippen molar-refractivity contribution in [2.24, 2.45) is 17.8 Å². The van der Waals surface area contributed by atoms with Gasteiger partial charge in [-0.25, -0.2) is 4.39 Å². The van der Waals surface area contributed by atoms with Crippen LogP contribution in [0.1, 0.15) is 29.6 Å². The molecule has 120 valence electrons. The van der Waals surface area contributed by atoms with Crippen molar-refractivity contribution >= 4 is 11.6 Å². The van der Waals surface area contributed by atoms with Crippen LogP contribution >= 0.6 is 0 Å². The molecule has 4 nitrogen and oxygen atoms in total. The minimum absolute atomic E-state index is 0.0239. The maximum atomic E-state index is 14.2. The third-order valence-corrected chi connectivity index (χ3v) is 5.31. The van der Waals surface area contributed by atoms with E-state index < -0.39 is 5.82 Å². The van der Waals surface area contributed by atoms with Gasteiger partial charge in [-0.05, 0) is 49.3 Å². The minimum atomic E-state index is -0.507. The van der Waals surface area contributed by atoms with Gasteiger partial charge in [0.25, 0.3) is 5.91 Å². The van der Waals surface area contributed by atoms with Gasteiger partial charge < -0.3 is 15.3 Å². The van der Waals surface area contributed by atoms with Crippen molar-refractivity contribution in [3.63, 3.8) is 0 Å². The summed E-state index contributed by atoms with van der Waals surface area (Å²) in [5.41, 5.74) is 0.798. The summed E-state index contributed by atoms with van der Waals surface area (Å²) in [7, 11) is 3.66. The highest BCUT2D eigenvalue weighted by atomic mass is 19.1. The molecule has 0 aromatic heterocycles. The monoisotopic (exact) mass is 306 g/mol. The van der Waals surface area contributed by atoms with Crippen LogP contribution in [0.2, 0.25) is 0 Å². The number of aliphatic hydroxyl groups is 1. The lowest BCUT2D eigenvalue weighted by molar-refractivity contribution is 0.0857. The van der Waals surface area contributed by atoms with E-state index in [1.54, 1.807) is 11.0 Å². The molecule has 22 heavy (non-hydrogen) atoms. The summed E-state index contributed by atoms with van der Waals surface area (Å²) in [6.45, 7) is 0.0914. The lowest BCUT2D eigenvalue weighted by atomic mass is 9.85. The number of amides is 1. The molecule has 2 fully saturated rings. The van der Waals surface area contributed by atoms with Crippen molar-refractivity contribution in [1.82, 2.24) is 5.32 Å². The Labute approximate surface area is 130 Å². The first-order valence-electron chi connectivity index (χ1n) is 7.90. The summed E-state index contributed by atoms with van der Waals surface area (Å²) in [5.74, 6) is 0.162. The summed E-state index contributed by atoms with van der Waals surface area (Å²) in [6.07, 6.45) is 3.29. The molecule has 0 radical (unpaired) electrons. The lowest BCUT2D eigenvalue weighted by Gasteiger charge is -2.30. The zero-order valence-electron chi connectivity index (χ0n) is 13.1. The SMILES string of the molecule is CN(C)c1ccc(C(=O)N[C@@H]2[C@@H]3CC[C@@H](C3)[C@@H]2CO)c(F)c1. The number of anilines is 1. The molecular weight excluding hydrogens is 283 g/mol. The fourth-order valence-corrected chi connectivity index (χ4v) is 4.09. The molecule has 2 bridgehead atoms. The van der Waals surface area contributed by atoms with Crippen LogP contribution in [0.15, 0.2) is 18.2 Å². The second-order valence-electron chi connectivity index (χ2n) is 6.74. The Kier molecular flexibility index (Phi) is 4.08. The second-order valence-corrected chi connectivity index (χ2v) is 6.74. The maximum Gasteiger partial charge on any atom is 0.254 e. The summed E-state index contributed by atoms with van der Waals surface area (Å²) in [4.78, 5) is 14.2. The number of nitrogens with zero attached hydrogens (tertiary/aromatic N) is 1. The highest BCUT2D eigenvalue weighted by molar-refractivity contribution is 5.95. The third kappa shape index (κ3) is 2.58. The molecular formula is C17H23FN2O2. The highest BCUT2D eigenvalue weighted by Crippen LogP contribution is 2.48. The minimum Gasteiger partial charge on any atom is -0.396 e. The standard InChI is InChI=1S/C17H23FN2O2/c1-20(2)12-5-6-13(15(18)8-12)17(22)19-16-11-4-3-10(7-11)14(16)9-21/h5-6,8,10-11,14,16,21H,3-4,7,9H2,1-2H3,(H,19,22)/t10-,11+,14-,16+/m0/s1. The quantitative estimate of drug-likeness (QED) is 0.895. The van der Waals surface area contributed by atoms with Crippen LogP contribution in [0.5, 0.6) is 0 Å². The Balaban J connectivity index is 1.75. The van der Waals surface area contributed by atoms with Crippen LogP contribution in [-0.4, -0.2) is 37.8 Å². The Morgan fingerprint density at radius 3 is 2.73 bits per heavy atom. The number of carbonyl (C=O) groups is 1. The van der Waals surface area contributed by atoms with Crippen LogP contribution in [-0.2, 0) is 0 Å². The molecule has 2 saturated carbocycles. The van der Waals surface area contributed by atoms with E-state index in [1.807, 2.05) is 14.1 Å². The Hall–Kier alpha value is -1.62. The molecule has 2 aliphatic carbocycles. The molecule has 0 heterocycles. The maximum absolute atomic E-state index is 14.2. The van der Waals surface area contributed by atoms with E-state index in [-0.39, 0.29) is 30.0 Å². The Morgan fingerprint density at radius 2 is 2.09 bits per heavy atom. The smallest absolute Gasteiger partial charge is 0.254 e. The molecule has 0 unspecified atom stereocenters. The fraction of sp³-hybridized carbons (Fsp3) is 0.588. The fourth-order valence-electron chi connectivity index (χ4n) is 4.09. The third-order valence-electron chi connectivity index (χ3n) is 5.31. The van der Waals surface area contributed by atoms with Gasteiger partial charge in [-0.15, -0.1) is 0 Å². The molecule has 1 aromatic rings. The zero-order valence-corrected chi connectivity index (χ0v) is 13.1. The molecule has 4 atom stereocenters. The Bertz CT molecular complexity index is 576. The molecule has 0 spiro atoms. The number of aliphatic hydroxyl groups excluding tert-OH is 1. The van der Waals surface area contributed by atoms with E-state index in [9.17, 15) is 14.3 Å². The number of halogens is 1. The van der Waals surface area contributed by atoms with Gasteiger partial charge in [0.2, 0.25) is 0 Å². The summed E-state index contributed by atoms with van der Waals surface area (Å²) >= 11 is 0. The molecule has 0 saturated heterocycles. The van der Waals surface area contributed by atoms with Crippen molar-refractivity contribution in [2.75, 3.05) is 25.6 Å². The molecule has 5 heteroatoms. The predicted octanol–water partition coefficient (Wildman–Crippen LogP) is 2.03. The average Bonchev–Trinajstić information content (AvgIpc) is 3.07. The van der Waals surface area contributed by atoms with Crippen molar-refractivity contribution in [1.29, 1.82) is 0 Å². The first kappa shape index (κ1) is 15.3. The van der Waals surface area contributed by atoms with Crippen molar-refractivity contribution in [3.8, 4) is 0 Å². The molecule has 2 aliphatic rings. The largest absolute Gasteiger partial charge is 0.396 e. The molecule has 3 rings (SSSR count). The van der Waals surface area contributed by atoms with E-state index >= 15 is 0 Å². The van der Waals surface area contributed by atoms with E-state index in [4.69, 9.17) is 0 Å². The van der Waals surface area contributed by atoms with Crippen LogP contribution < -0.4 is 10.2 Å². The average molecular weight is 306 g/mol. The molecule has 1 aromatic carbocycles. The van der Waals surface area contributed by atoms with E-state index in [0.29, 0.717) is 11.8 Å². The number of carbonyl (C=O) groups excluding carboxylic acids is 1. The molecule has 0 aliphatic heterocycles. The second kappa shape index (κ2) is 5.88. The number of hydrogen-bond donors (Lipinski definition) is 2. The van der Waals surface area contributed by atoms with Gasteiger partial charge in [0.05, 0.1) is 5.56 Å². The summed E-state index contributed by atoms with van der Waals surface area (Å²) in [5, 5.41) is 12.5. The highest BCUT2D eigenvalue weighted by Gasteiger charge is 2.47. The molecule has 2 N–H and O–H groups in total. The van der Waals surface area contributed by atoms with Crippen molar-refractivity contribution in [3.05, 3.63) is 29.6 Å². The van der Waals surface area contributed by atoms with Crippen molar-refractivity contribution < 1.29 is 14.3 Å². The van der Waals surface area contributed by atoms with Gasteiger partial charge >= 0.3 is 0 Å². The first-order chi connectivity index (χ1) is 10.5. The topological polar surface area (TPSA) is 52.6 Å². The predicted molar refractivity (Wildman–Crippen MR) is 83.4 cm³/mol. The number of nitrogens with one attached hydrogen (secondary N) is 1. The zero-order chi connectivity index (χ0) is 15.9. The number of benzene rings is 1. The van der Waals surface area contributed by atoms with E-state index in [0.717, 1.165) is 24.9 Å². The number of rotatable bonds is 4. The van der Waals surface area contributed by atoms with Gasteiger partial charge in [-0.1, -0.05) is 0 Å². The summed E-state index contributed by atoms with van der Waals surface area (Å²) in [6, 6.07) is 4.62. The van der Waals surface area contributed by atoms with E-state index in [2.05, 4.69) is 5.32 Å². The van der Waals surface area contributed by atoms with E-state index in [1.165, 1.54) is 12.1 Å². The lowest BCUT2D eigenvalue weighted by Crippen LogP contribution is -2.45. The summed E-state index contributed by atoms with van der Waals surface area (Å²) < 4.78 is 14.2. The van der Waals surface area contributed by atoms with Crippen LogP contribution in [0.25, 0.3) is 0 Å². The van der Waals surface area contributed by atoms with Gasteiger partial charge in [-0.3, -0.25) is 4.79 Å². The molecule has 1 amide bonds. The van der Waals surface area contributed by atoms with Crippen molar-refractivity contribution in [2.45, 2.75) is 25.3 Å². The van der Waals surface area contributed by atoms with Gasteiger partial charge in [0.15, 0.2) is 0 Å². The normalized spacial score (nSPS) is 29.6. The number of hydrogen-bond acceptors (Lipinski definition) is 3.